The average molecular weight is 429 g/mol. The summed E-state index contributed by atoms with van der Waals surface area (Å²) in [6, 6.07) is 11.1. The van der Waals surface area contributed by atoms with Crippen LogP contribution in [0.25, 0.3) is 0 Å². The normalized spacial score (nSPS) is 19.9. The third-order valence-corrected chi connectivity index (χ3v) is 6.19. The molecule has 1 fully saturated rings. The second-order valence-corrected chi connectivity index (χ2v) is 8.58. The topological polar surface area (TPSA) is 75.7 Å². The molecule has 2 heterocycles. The average Bonchev–Trinajstić information content (AvgIpc) is 3.31. The number of ether oxygens (including phenoxy) is 1. The lowest BCUT2D eigenvalue weighted by molar-refractivity contribution is -0.141. The fourth-order valence-electron chi connectivity index (χ4n) is 4.03. The van der Waals surface area contributed by atoms with Gasteiger partial charge in [0.2, 0.25) is 17.7 Å². The van der Waals surface area contributed by atoms with Crippen molar-refractivity contribution in [1.82, 2.24) is 10.2 Å². The maximum Gasteiger partial charge on any atom is 0.240 e. The number of imide groups is 1. The SMILES string of the molecule is COCCCN1C(=O)C[C@](CC(=O)N[C@H](C)Cc2ccsc2)(c2ccccc2)C1=O. The Morgan fingerprint density at radius 2 is 2.03 bits per heavy atom. The Hall–Kier alpha value is -2.51. The summed E-state index contributed by atoms with van der Waals surface area (Å²) < 4.78 is 5.05. The molecule has 0 radical (unpaired) electrons. The molecule has 1 saturated heterocycles. The number of thiophene rings is 1. The Kier molecular flexibility index (Phi) is 7.39. The Morgan fingerprint density at radius 1 is 1.27 bits per heavy atom. The first-order valence-corrected chi connectivity index (χ1v) is 11.1. The number of nitrogens with one attached hydrogen (secondary N) is 1. The van der Waals surface area contributed by atoms with E-state index in [4.69, 9.17) is 4.74 Å². The van der Waals surface area contributed by atoms with Crippen molar-refractivity contribution in [2.75, 3.05) is 20.3 Å². The summed E-state index contributed by atoms with van der Waals surface area (Å²) in [5.41, 5.74) is 0.720. The number of carbonyl (C=O) groups excluding carboxylic acids is 3. The van der Waals surface area contributed by atoms with Crippen LogP contribution in [-0.2, 0) is 31.0 Å². The molecule has 2 atom stereocenters. The van der Waals surface area contributed by atoms with Gasteiger partial charge in [-0.25, -0.2) is 0 Å². The summed E-state index contributed by atoms with van der Waals surface area (Å²) in [6.07, 6.45) is 1.26. The number of methoxy groups -OCH3 is 1. The van der Waals surface area contributed by atoms with Gasteiger partial charge in [0, 0.05) is 39.1 Å². The zero-order valence-corrected chi connectivity index (χ0v) is 18.2. The van der Waals surface area contributed by atoms with Crippen LogP contribution in [0.15, 0.2) is 47.2 Å². The molecule has 3 amide bonds. The highest BCUT2D eigenvalue weighted by Crippen LogP contribution is 2.40. The van der Waals surface area contributed by atoms with E-state index in [1.165, 1.54) is 10.5 Å². The maximum atomic E-state index is 13.4. The highest BCUT2D eigenvalue weighted by atomic mass is 32.1. The summed E-state index contributed by atoms with van der Waals surface area (Å²) in [5.74, 6) is -0.754. The van der Waals surface area contributed by atoms with Gasteiger partial charge in [-0.15, -0.1) is 0 Å². The predicted molar refractivity (Wildman–Crippen MR) is 116 cm³/mol. The summed E-state index contributed by atoms with van der Waals surface area (Å²) >= 11 is 1.62. The number of likely N-dealkylation sites (tertiary alicyclic amines) is 1. The molecule has 0 unspecified atom stereocenters. The van der Waals surface area contributed by atoms with E-state index >= 15 is 0 Å². The summed E-state index contributed by atoms with van der Waals surface area (Å²) in [4.78, 5) is 40.3. The van der Waals surface area contributed by atoms with Crippen molar-refractivity contribution < 1.29 is 19.1 Å². The molecule has 30 heavy (non-hydrogen) atoms. The van der Waals surface area contributed by atoms with Crippen molar-refractivity contribution in [3.63, 3.8) is 0 Å². The molecule has 0 spiro atoms. The Balaban J connectivity index is 1.77. The van der Waals surface area contributed by atoms with Crippen LogP contribution in [0.1, 0.15) is 37.3 Å². The van der Waals surface area contributed by atoms with E-state index in [1.54, 1.807) is 18.4 Å². The largest absolute Gasteiger partial charge is 0.385 e. The molecule has 2 aromatic rings. The van der Waals surface area contributed by atoms with Crippen LogP contribution < -0.4 is 5.32 Å². The van der Waals surface area contributed by atoms with E-state index < -0.39 is 5.41 Å². The summed E-state index contributed by atoms with van der Waals surface area (Å²) in [5, 5.41) is 7.08. The number of hydrogen-bond acceptors (Lipinski definition) is 5. The maximum absolute atomic E-state index is 13.4. The molecule has 1 aromatic heterocycles. The van der Waals surface area contributed by atoms with Crippen LogP contribution in [0.2, 0.25) is 0 Å². The van der Waals surface area contributed by atoms with Gasteiger partial charge in [0.15, 0.2) is 0 Å². The number of hydrogen-bond donors (Lipinski definition) is 1. The predicted octanol–water partition coefficient (Wildman–Crippen LogP) is 2.92. The van der Waals surface area contributed by atoms with Gasteiger partial charge in [-0.05, 0) is 47.7 Å². The highest BCUT2D eigenvalue weighted by molar-refractivity contribution is 7.07. The van der Waals surface area contributed by atoms with E-state index in [0.29, 0.717) is 25.1 Å². The van der Waals surface area contributed by atoms with Crippen LogP contribution in [0.5, 0.6) is 0 Å². The number of nitrogens with zero attached hydrogens (tertiary/aromatic N) is 1. The molecule has 1 N–H and O–H groups in total. The molecule has 1 aliphatic heterocycles. The number of amides is 3. The molecule has 7 heteroatoms. The van der Waals surface area contributed by atoms with Crippen molar-refractivity contribution >= 4 is 29.1 Å². The fourth-order valence-corrected chi connectivity index (χ4v) is 4.71. The van der Waals surface area contributed by atoms with Crippen LogP contribution in [0, 0.1) is 0 Å². The molecule has 0 saturated carbocycles. The molecule has 0 aliphatic carbocycles. The Morgan fingerprint density at radius 3 is 2.70 bits per heavy atom. The van der Waals surface area contributed by atoms with Crippen LogP contribution in [0.4, 0.5) is 0 Å². The number of carbonyl (C=O) groups is 3. The monoisotopic (exact) mass is 428 g/mol. The van der Waals surface area contributed by atoms with Crippen LogP contribution in [0.3, 0.4) is 0 Å². The van der Waals surface area contributed by atoms with E-state index in [1.807, 2.05) is 48.7 Å². The minimum Gasteiger partial charge on any atom is -0.385 e. The van der Waals surface area contributed by atoms with E-state index in [2.05, 4.69) is 10.7 Å². The molecule has 1 aliphatic rings. The van der Waals surface area contributed by atoms with Gasteiger partial charge in [-0.1, -0.05) is 30.3 Å². The zero-order valence-electron chi connectivity index (χ0n) is 17.4. The molecular formula is C23H28N2O4S. The van der Waals surface area contributed by atoms with E-state index in [-0.39, 0.29) is 36.6 Å². The van der Waals surface area contributed by atoms with E-state index in [9.17, 15) is 14.4 Å². The lowest BCUT2D eigenvalue weighted by Crippen LogP contribution is -2.44. The van der Waals surface area contributed by atoms with Gasteiger partial charge in [0.25, 0.3) is 0 Å². The van der Waals surface area contributed by atoms with Crippen molar-refractivity contribution in [3.8, 4) is 0 Å². The van der Waals surface area contributed by atoms with Gasteiger partial charge in [-0.3, -0.25) is 19.3 Å². The van der Waals surface area contributed by atoms with Crippen LogP contribution >= 0.6 is 11.3 Å². The fraction of sp³-hybridized carbons (Fsp3) is 0.435. The van der Waals surface area contributed by atoms with Crippen molar-refractivity contribution in [3.05, 3.63) is 58.3 Å². The number of benzene rings is 1. The minimum absolute atomic E-state index is 0.00909. The van der Waals surface area contributed by atoms with Gasteiger partial charge in [0.05, 0.1) is 5.41 Å². The Labute approximate surface area is 181 Å². The molecular weight excluding hydrogens is 400 g/mol. The second-order valence-electron chi connectivity index (χ2n) is 7.80. The molecule has 160 valence electrons. The first kappa shape index (κ1) is 22.2. The third kappa shape index (κ3) is 4.96. The second kappa shape index (κ2) is 10.00. The summed E-state index contributed by atoms with van der Waals surface area (Å²) in [7, 11) is 1.59. The van der Waals surface area contributed by atoms with Gasteiger partial charge in [-0.2, -0.15) is 11.3 Å². The first-order chi connectivity index (χ1) is 14.5. The molecule has 6 nitrogen and oxygen atoms in total. The van der Waals surface area contributed by atoms with Crippen molar-refractivity contribution in [2.24, 2.45) is 0 Å². The third-order valence-electron chi connectivity index (χ3n) is 5.46. The van der Waals surface area contributed by atoms with Gasteiger partial charge in [0.1, 0.15) is 0 Å². The zero-order chi connectivity index (χ0) is 21.6. The lowest BCUT2D eigenvalue weighted by Gasteiger charge is -2.27. The summed E-state index contributed by atoms with van der Waals surface area (Å²) in [6.45, 7) is 2.72. The van der Waals surface area contributed by atoms with E-state index in [0.717, 1.165) is 6.42 Å². The van der Waals surface area contributed by atoms with Crippen molar-refractivity contribution in [1.29, 1.82) is 0 Å². The molecule has 0 bridgehead atoms. The standard InChI is InChI=1S/C23H28N2O4S/c1-17(13-18-9-12-30-16-18)24-20(26)14-23(19-7-4-3-5-8-19)15-21(27)25(22(23)28)10-6-11-29-2/h3-5,7-9,12,16-17H,6,10-11,13-15H2,1-2H3,(H,24,26)/t17-,23-/m1/s1. The lowest BCUT2D eigenvalue weighted by atomic mass is 9.75. The van der Waals surface area contributed by atoms with Gasteiger partial charge >= 0.3 is 0 Å². The van der Waals surface area contributed by atoms with Crippen molar-refractivity contribution in [2.45, 2.75) is 44.1 Å². The van der Waals surface area contributed by atoms with Crippen LogP contribution in [-0.4, -0.2) is 48.9 Å². The highest BCUT2D eigenvalue weighted by Gasteiger charge is 2.53. The molecule has 1 aromatic carbocycles. The smallest absolute Gasteiger partial charge is 0.240 e. The Bertz CT molecular complexity index is 869. The quantitative estimate of drug-likeness (QED) is 0.466. The molecule has 3 rings (SSSR count). The first-order valence-electron chi connectivity index (χ1n) is 10.2. The van der Waals surface area contributed by atoms with Gasteiger partial charge < -0.3 is 10.1 Å². The number of rotatable bonds is 10. The minimum atomic E-state index is -1.16.